The van der Waals surface area contributed by atoms with Crippen molar-refractivity contribution in [3.63, 3.8) is 0 Å². The van der Waals surface area contributed by atoms with Gasteiger partial charge in [-0.15, -0.1) is 11.3 Å². The number of nitrogens with zero attached hydrogens (tertiary/aromatic N) is 2. The number of fused-ring (bicyclic) bond motifs is 1. The maximum absolute atomic E-state index is 13.7. The topological polar surface area (TPSA) is 106 Å². The van der Waals surface area contributed by atoms with Crippen molar-refractivity contribution in [2.45, 2.75) is 61.7 Å². The normalized spacial score (nSPS) is 19.7. The van der Waals surface area contributed by atoms with Gasteiger partial charge in [-0.25, -0.2) is 8.42 Å². The maximum Gasteiger partial charge on any atom is 0.288 e. The van der Waals surface area contributed by atoms with Crippen LogP contribution in [0.4, 0.5) is 0 Å². The Balaban J connectivity index is 1.32. The molecule has 232 valence electrons. The third-order valence-electron chi connectivity index (χ3n) is 8.31. The van der Waals surface area contributed by atoms with Crippen LogP contribution in [0.3, 0.4) is 0 Å². The van der Waals surface area contributed by atoms with Crippen LogP contribution in [0, 0.1) is 0 Å². The first-order chi connectivity index (χ1) is 20.8. The molecular formula is C32H40N2O7S2. The van der Waals surface area contributed by atoms with Crippen LogP contribution in [-0.2, 0) is 24.3 Å². The number of carbonyl (C=O) groups is 1. The molecule has 0 spiro atoms. The van der Waals surface area contributed by atoms with Crippen molar-refractivity contribution < 1.29 is 32.5 Å². The number of likely N-dealkylation sites (N-methyl/N-ethyl adjacent to an activating group) is 1. The summed E-state index contributed by atoms with van der Waals surface area (Å²) >= 11 is 1.67. The monoisotopic (exact) mass is 628 g/mol. The quantitative estimate of drug-likeness (QED) is 0.297. The van der Waals surface area contributed by atoms with Gasteiger partial charge < -0.3 is 24.2 Å². The molecule has 2 atom stereocenters. The van der Waals surface area contributed by atoms with Gasteiger partial charge in [0.2, 0.25) is 16.3 Å². The molecule has 2 heterocycles. The molecule has 1 N–H and O–H groups in total. The molecule has 2 aliphatic rings. The zero-order valence-electron chi connectivity index (χ0n) is 24.7. The zero-order valence-corrected chi connectivity index (χ0v) is 26.3. The Morgan fingerprint density at radius 2 is 1.81 bits per heavy atom. The average Bonchev–Trinajstić information content (AvgIpc) is 3.48. The van der Waals surface area contributed by atoms with Crippen LogP contribution >= 0.6 is 11.3 Å². The summed E-state index contributed by atoms with van der Waals surface area (Å²) in [7, 11) is -0.524. The summed E-state index contributed by atoms with van der Waals surface area (Å²) in [6, 6.07) is 14.5. The molecule has 2 aromatic carbocycles. The molecule has 9 nitrogen and oxygen atoms in total. The number of aliphatic hydroxyl groups is 1. The van der Waals surface area contributed by atoms with E-state index in [4.69, 9.17) is 14.2 Å². The van der Waals surface area contributed by atoms with Crippen molar-refractivity contribution in [1.82, 2.24) is 9.21 Å². The van der Waals surface area contributed by atoms with E-state index < -0.39 is 16.3 Å². The summed E-state index contributed by atoms with van der Waals surface area (Å²) in [6.07, 6.45) is 7.05. The van der Waals surface area contributed by atoms with Crippen LogP contribution in [0.2, 0.25) is 0 Å². The van der Waals surface area contributed by atoms with E-state index in [1.54, 1.807) is 28.4 Å². The van der Waals surface area contributed by atoms with Gasteiger partial charge in [0.05, 0.1) is 25.2 Å². The van der Waals surface area contributed by atoms with E-state index in [0.29, 0.717) is 12.2 Å². The Morgan fingerprint density at radius 3 is 2.53 bits per heavy atom. The molecule has 1 fully saturated rings. The number of sulfonamides is 1. The number of hydrogen-bond acceptors (Lipinski definition) is 8. The lowest BCUT2D eigenvalue weighted by atomic mass is 9.91. The number of benzene rings is 2. The average molecular weight is 629 g/mol. The fourth-order valence-corrected chi connectivity index (χ4v) is 8.31. The fraction of sp³-hybridized carbons (Fsp3) is 0.469. The van der Waals surface area contributed by atoms with Crippen LogP contribution < -0.4 is 4.74 Å². The second kappa shape index (κ2) is 14.2. The number of aliphatic hydroxyl groups excluding tert-OH is 1. The minimum Gasteiger partial charge on any atom is -0.497 e. The molecule has 0 unspecified atom stereocenters. The highest BCUT2D eigenvalue weighted by atomic mass is 32.2. The Hall–Kier alpha value is -2.96. The first-order valence-electron chi connectivity index (χ1n) is 14.8. The molecule has 1 aromatic heterocycles. The number of allylic oxidation sites excluding steroid dienone is 1. The molecule has 1 amide bonds. The molecule has 1 aliphatic carbocycles. The summed E-state index contributed by atoms with van der Waals surface area (Å²) in [6.45, 7) is -0.382. The smallest absolute Gasteiger partial charge is 0.288 e. The molecule has 0 saturated heterocycles. The van der Waals surface area contributed by atoms with Crippen molar-refractivity contribution in [3.8, 4) is 5.75 Å². The molecule has 3 aromatic rings. The SMILES string of the molecule is COc1ccc(S(=O)(=O)N(CCO)CCO[C@@H]2C[C@H](c3csc4ccccc34)C=C(C(=O)N(C)C3CCCCC3)O2)cc1. The van der Waals surface area contributed by atoms with E-state index in [9.17, 15) is 18.3 Å². The van der Waals surface area contributed by atoms with Crippen LogP contribution in [-0.4, -0.2) is 81.4 Å². The highest BCUT2D eigenvalue weighted by molar-refractivity contribution is 7.89. The van der Waals surface area contributed by atoms with E-state index in [1.807, 2.05) is 25.3 Å². The molecule has 0 bridgehead atoms. The number of methoxy groups -OCH3 is 1. The van der Waals surface area contributed by atoms with Crippen LogP contribution in [0.1, 0.15) is 50.0 Å². The van der Waals surface area contributed by atoms with Crippen molar-refractivity contribution in [1.29, 1.82) is 0 Å². The highest BCUT2D eigenvalue weighted by Gasteiger charge is 2.34. The van der Waals surface area contributed by atoms with E-state index in [1.165, 1.54) is 34.7 Å². The van der Waals surface area contributed by atoms with Gasteiger partial charge in [0.25, 0.3) is 5.91 Å². The Kier molecular flexibility index (Phi) is 10.4. The number of rotatable bonds is 12. The van der Waals surface area contributed by atoms with Crippen LogP contribution in [0.5, 0.6) is 5.75 Å². The zero-order chi connectivity index (χ0) is 30.4. The minimum absolute atomic E-state index is 0.00972. The van der Waals surface area contributed by atoms with Crippen molar-refractivity contribution in [2.24, 2.45) is 0 Å². The molecule has 11 heteroatoms. The van der Waals surface area contributed by atoms with E-state index >= 15 is 0 Å². The van der Waals surface area contributed by atoms with Gasteiger partial charge in [-0.2, -0.15) is 4.31 Å². The van der Waals surface area contributed by atoms with E-state index in [-0.39, 0.29) is 54.8 Å². The van der Waals surface area contributed by atoms with Gasteiger partial charge in [0, 0.05) is 43.2 Å². The van der Waals surface area contributed by atoms with E-state index in [0.717, 1.165) is 36.6 Å². The van der Waals surface area contributed by atoms with Crippen LogP contribution in [0.15, 0.2) is 70.6 Å². The molecule has 0 radical (unpaired) electrons. The van der Waals surface area contributed by atoms with Crippen molar-refractivity contribution in [2.75, 3.05) is 40.5 Å². The standard InChI is InChI=1S/C32H40N2O7S2/c1-33(24-8-4-3-5-9-24)32(36)29-20-23(28-22-42-30-11-7-6-10-27(28)30)21-31(41-29)40-19-17-34(16-18-35)43(37,38)26-14-12-25(39-2)13-15-26/h6-7,10-15,20,22-24,31,35H,3-5,8-9,16-19,21H2,1-2H3/t23-,31+/m1/s1. The predicted molar refractivity (Wildman–Crippen MR) is 167 cm³/mol. The van der Waals surface area contributed by atoms with Gasteiger partial charge in [0.15, 0.2) is 5.76 Å². The molecule has 5 rings (SSSR count). The largest absolute Gasteiger partial charge is 0.497 e. The molecule has 1 aliphatic heterocycles. The Bertz CT molecular complexity index is 1510. The Morgan fingerprint density at radius 1 is 1.07 bits per heavy atom. The van der Waals surface area contributed by atoms with Crippen molar-refractivity contribution in [3.05, 3.63) is 71.3 Å². The lowest BCUT2D eigenvalue weighted by Crippen LogP contribution is -2.41. The van der Waals surface area contributed by atoms with Gasteiger partial charge in [-0.05, 0) is 65.6 Å². The number of ether oxygens (including phenoxy) is 3. The summed E-state index contributed by atoms with van der Waals surface area (Å²) in [5.74, 6) is 0.549. The van der Waals surface area contributed by atoms with Crippen molar-refractivity contribution >= 4 is 37.4 Å². The lowest BCUT2D eigenvalue weighted by molar-refractivity contribution is -0.153. The number of carbonyl (C=O) groups excluding carboxylic acids is 1. The van der Waals surface area contributed by atoms with Gasteiger partial charge >= 0.3 is 0 Å². The molecule has 43 heavy (non-hydrogen) atoms. The number of thiophene rings is 1. The maximum atomic E-state index is 13.7. The first kappa shape index (κ1) is 31.5. The van der Waals surface area contributed by atoms with E-state index in [2.05, 4.69) is 17.5 Å². The second-order valence-electron chi connectivity index (χ2n) is 11.0. The summed E-state index contributed by atoms with van der Waals surface area (Å²) in [4.78, 5) is 15.6. The summed E-state index contributed by atoms with van der Waals surface area (Å²) in [5.41, 5.74) is 1.12. The minimum atomic E-state index is -3.88. The Labute approximate surface area is 257 Å². The third kappa shape index (κ3) is 7.24. The van der Waals surface area contributed by atoms with Gasteiger partial charge in [-0.3, -0.25) is 4.79 Å². The molecular weight excluding hydrogens is 588 g/mol. The lowest BCUT2D eigenvalue weighted by Gasteiger charge is -2.35. The fourth-order valence-electron chi connectivity index (χ4n) is 5.87. The molecule has 1 saturated carbocycles. The predicted octanol–water partition coefficient (Wildman–Crippen LogP) is 5.11. The second-order valence-corrected chi connectivity index (χ2v) is 13.8. The van der Waals surface area contributed by atoms with Gasteiger partial charge in [0.1, 0.15) is 5.75 Å². The van der Waals surface area contributed by atoms with Gasteiger partial charge in [-0.1, -0.05) is 37.5 Å². The summed E-state index contributed by atoms with van der Waals surface area (Å²) < 4.78 is 46.5. The highest BCUT2D eigenvalue weighted by Crippen LogP contribution is 2.39. The number of hydrogen-bond donors (Lipinski definition) is 1. The summed E-state index contributed by atoms with van der Waals surface area (Å²) in [5, 5.41) is 12.9. The number of amides is 1. The third-order valence-corrected chi connectivity index (χ3v) is 11.2. The van der Waals surface area contributed by atoms with Crippen LogP contribution in [0.25, 0.3) is 10.1 Å². The first-order valence-corrected chi connectivity index (χ1v) is 17.1.